The van der Waals surface area contributed by atoms with Gasteiger partial charge in [-0.05, 0) is 6.92 Å². The molecule has 96 valence electrons. The van der Waals surface area contributed by atoms with Gasteiger partial charge < -0.3 is 4.74 Å². The average Bonchev–Trinajstić information content (AvgIpc) is 2.95. The van der Waals surface area contributed by atoms with E-state index in [-0.39, 0.29) is 17.5 Å². The van der Waals surface area contributed by atoms with Crippen LogP contribution in [0.15, 0.2) is 18.7 Å². The van der Waals surface area contributed by atoms with Crippen molar-refractivity contribution < 1.29 is 14.3 Å². The first-order chi connectivity index (χ1) is 8.65. The number of rotatable bonds is 4. The molecule has 0 aliphatic carbocycles. The summed E-state index contributed by atoms with van der Waals surface area (Å²) in [6, 6.07) is 1.53. The number of aromatic amines is 1. The molecule has 0 aromatic carbocycles. The van der Waals surface area contributed by atoms with Crippen molar-refractivity contribution in [2.45, 2.75) is 13.3 Å². The number of carbonyl (C=O) groups excluding carboxylic acids is 2. The molecular weight excluding hydrogens is 234 g/mol. The first-order valence-corrected chi connectivity index (χ1v) is 5.81. The lowest BCUT2D eigenvalue weighted by Crippen LogP contribution is -2.24. The van der Waals surface area contributed by atoms with Gasteiger partial charge in [-0.2, -0.15) is 5.10 Å². The normalized spacial score (nSPS) is 19.1. The number of esters is 1. The molecule has 1 aliphatic rings. The van der Waals surface area contributed by atoms with Crippen molar-refractivity contribution in [2.75, 3.05) is 18.1 Å². The molecule has 1 unspecified atom stereocenters. The summed E-state index contributed by atoms with van der Waals surface area (Å²) in [5.74, 6) is 0.109. The molecule has 0 saturated carbocycles. The number of aromatic nitrogens is 2. The highest BCUT2D eigenvalue weighted by atomic mass is 16.5. The average molecular weight is 249 g/mol. The number of H-pyrrole nitrogens is 1. The van der Waals surface area contributed by atoms with Gasteiger partial charge >= 0.3 is 5.97 Å². The fraction of sp³-hybridized carbons (Fsp3) is 0.417. The topological polar surface area (TPSA) is 75.3 Å². The molecule has 6 nitrogen and oxygen atoms in total. The summed E-state index contributed by atoms with van der Waals surface area (Å²) in [7, 11) is 0. The zero-order valence-electron chi connectivity index (χ0n) is 10.2. The maximum atomic E-state index is 11.8. The summed E-state index contributed by atoms with van der Waals surface area (Å²) < 4.78 is 4.84. The molecule has 0 bridgehead atoms. The van der Waals surface area contributed by atoms with Gasteiger partial charge in [0.2, 0.25) is 5.91 Å². The number of anilines is 1. The third-order valence-electron chi connectivity index (χ3n) is 2.82. The molecule has 1 amide bonds. The van der Waals surface area contributed by atoms with Crippen LogP contribution >= 0.6 is 0 Å². The van der Waals surface area contributed by atoms with Gasteiger partial charge in [-0.15, -0.1) is 6.58 Å². The second-order valence-corrected chi connectivity index (χ2v) is 4.06. The van der Waals surface area contributed by atoms with E-state index in [9.17, 15) is 9.59 Å². The molecule has 2 rings (SSSR count). The van der Waals surface area contributed by atoms with Gasteiger partial charge in [0.05, 0.1) is 6.61 Å². The van der Waals surface area contributed by atoms with Gasteiger partial charge in [-0.3, -0.25) is 14.8 Å². The molecule has 1 fully saturated rings. The van der Waals surface area contributed by atoms with E-state index in [0.717, 1.165) is 0 Å². The first kappa shape index (κ1) is 12.3. The molecule has 6 heteroatoms. The van der Waals surface area contributed by atoms with E-state index in [4.69, 9.17) is 4.74 Å². The Bertz CT molecular complexity index is 481. The van der Waals surface area contributed by atoms with Crippen LogP contribution in [0.4, 0.5) is 5.82 Å². The number of ether oxygens (including phenoxy) is 1. The molecule has 1 aromatic heterocycles. The maximum absolute atomic E-state index is 11.8. The van der Waals surface area contributed by atoms with Gasteiger partial charge in [-0.25, -0.2) is 4.79 Å². The SMILES string of the molecule is C=CC1CC(=O)N(c2cc(C(=O)OCC)[nH]n2)C1. The quantitative estimate of drug-likeness (QED) is 0.641. The van der Waals surface area contributed by atoms with Crippen LogP contribution in [0.3, 0.4) is 0 Å². The number of nitrogens with one attached hydrogen (secondary N) is 1. The number of carbonyl (C=O) groups is 2. The molecule has 1 N–H and O–H groups in total. The fourth-order valence-corrected chi connectivity index (χ4v) is 1.88. The summed E-state index contributed by atoms with van der Waals surface area (Å²) in [5, 5.41) is 6.54. The Hall–Kier alpha value is -2.11. The molecule has 1 saturated heterocycles. The van der Waals surface area contributed by atoms with Crippen LogP contribution in [0, 0.1) is 5.92 Å². The second-order valence-electron chi connectivity index (χ2n) is 4.06. The van der Waals surface area contributed by atoms with Crippen LogP contribution in [0.1, 0.15) is 23.8 Å². The lowest BCUT2D eigenvalue weighted by Gasteiger charge is -2.11. The summed E-state index contributed by atoms with van der Waals surface area (Å²) in [4.78, 5) is 24.8. The van der Waals surface area contributed by atoms with E-state index in [0.29, 0.717) is 25.4 Å². The molecule has 2 heterocycles. The van der Waals surface area contributed by atoms with Crippen LogP contribution < -0.4 is 4.90 Å². The Morgan fingerprint density at radius 3 is 3.17 bits per heavy atom. The van der Waals surface area contributed by atoms with Crippen LogP contribution in [-0.2, 0) is 9.53 Å². The van der Waals surface area contributed by atoms with Crippen molar-refractivity contribution in [2.24, 2.45) is 5.92 Å². The number of amides is 1. The minimum absolute atomic E-state index is 0.0122. The van der Waals surface area contributed by atoms with Crippen molar-refractivity contribution in [1.29, 1.82) is 0 Å². The number of hydrogen-bond donors (Lipinski definition) is 1. The highest BCUT2D eigenvalue weighted by Gasteiger charge is 2.30. The zero-order valence-corrected chi connectivity index (χ0v) is 10.2. The highest BCUT2D eigenvalue weighted by Crippen LogP contribution is 2.24. The van der Waals surface area contributed by atoms with E-state index in [1.54, 1.807) is 17.9 Å². The van der Waals surface area contributed by atoms with E-state index < -0.39 is 5.97 Å². The lowest BCUT2D eigenvalue weighted by atomic mass is 10.1. The molecular formula is C12H15N3O3. The van der Waals surface area contributed by atoms with Crippen molar-refractivity contribution in [3.05, 3.63) is 24.4 Å². The van der Waals surface area contributed by atoms with Gasteiger partial charge in [-0.1, -0.05) is 6.08 Å². The lowest BCUT2D eigenvalue weighted by molar-refractivity contribution is -0.117. The highest BCUT2D eigenvalue weighted by molar-refractivity contribution is 5.96. The molecule has 0 radical (unpaired) electrons. The van der Waals surface area contributed by atoms with Gasteiger partial charge in [0.15, 0.2) is 5.82 Å². The molecule has 1 aromatic rings. The summed E-state index contributed by atoms with van der Waals surface area (Å²) in [6.07, 6.45) is 2.20. The van der Waals surface area contributed by atoms with Crippen LogP contribution in [-0.4, -0.2) is 35.2 Å². The van der Waals surface area contributed by atoms with Crippen LogP contribution in [0.5, 0.6) is 0 Å². The van der Waals surface area contributed by atoms with E-state index in [1.807, 2.05) is 0 Å². The van der Waals surface area contributed by atoms with Gasteiger partial charge in [0.25, 0.3) is 0 Å². The maximum Gasteiger partial charge on any atom is 0.356 e. The fourth-order valence-electron chi connectivity index (χ4n) is 1.88. The Morgan fingerprint density at radius 2 is 2.56 bits per heavy atom. The Kier molecular flexibility index (Phi) is 3.45. The summed E-state index contributed by atoms with van der Waals surface area (Å²) in [6.45, 7) is 6.26. The Labute approximate surface area is 105 Å². The van der Waals surface area contributed by atoms with Crippen LogP contribution in [0.25, 0.3) is 0 Å². The molecule has 18 heavy (non-hydrogen) atoms. The van der Waals surface area contributed by atoms with Crippen molar-refractivity contribution in [3.8, 4) is 0 Å². The third-order valence-corrected chi connectivity index (χ3v) is 2.82. The van der Waals surface area contributed by atoms with Crippen LogP contribution in [0.2, 0.25) is 0 Å². The van der Waals surface area contributed by atoms with Crippen molar-refractivity contribution in [1.82, 2.24) is 10.2 Å². The molecule has 0 spiro atoms. The Morgan fingerprint density at radius 1 is 1.78 bits per heavy atom. The number of nitrogens with zero attached hydrogens (tertiary/aromatic N) is 2. The largest absolute Gasteiger partial charge is 0.461 e. The smallest absolute Gasteiger partial charge is 0.356 e. The molecule has 1 aliphatic heterocycles. The summed E-state index contributed by atoms with van der Waals surface area (Å²) in [5.41, 5.74) is 0.252. The standard InChI is InChI=1S/C12H15N3O3/c1-3-8-5-11(16)15(7-8)10-6-9(13-14-10)12(17)18-4-2/h3,6,8H,1,4-5,7H2,2H3,(H,13,14). The predicted molar refractivity (Wildman–Crippen MR) is 65.2 cm³/mol. The van der Waals surface area contributed by atoms with Crippen molar-refractivity contribution >= 4 is 17.7 Å². The first-order valence-electron chi connectivity index (χ1n) is 5.81. The minimum atomic E-state index is -0.469. The second kappa shape index (κ2) is 5.03. The van der Waals surface area contributed by atoms with Gasteiger partial charge in [0, 0.05) is 24.9 Å². The zero-order chi connectivity index (χ0) is 13.1. The minimum Gasteiger partial charge on any atom is -0.461 e. The Balaban J connectivity index is 2.13. The van der Waals surface area contributed by atoms with E-state index in [1.165, 1.54) is 6.07 Å². The van der Waals surface area contributed by atoms with E-state index >= 15 is 0 Å². The monoisotopic (exact) mass is 249 g/mol. The van der Waals surface area contributed by atoms with Crippen molar-refractivity contribution in [3.63, 3.8) is 0 Å². The molecule has 1 atom stereocenters. The summed E-state index contributed by atoms with van der Waals surface area (Å²) >= 11 is 0. The predicted octanol–water partition coefficient (Wildman–Crippen LogP) is 1.13. The van der Waals surface area contributed by atoms with Gasteiger partial charge in [0.1, 0.15) is 5.69 Å². The third kappa shape index (κ3) is 2.27. The van der Waals surface area contributed by atoms with E-state index in [2.05, 4.69) is 16.8 Å². The number of hydrogen-bond acceptors (Lipinski definition) is 4.